The highest BCUT2D eigenvalue weighted by Crippen LogP contribution is 2.40. The molecular formula is C12H20N4O. The van der Waals surface area contributed by atoms with Crippen molar-refractivity contribution < 1.29 is 4.52 Å². The summed E-state index contributed by atoms with van der Waals surface area (Å²) in [5.74, 6) is 2.32. The Bertz CT molecular complexity index is 401. The highest BCUT2D eigenvalue weighted by atomic mass is 16.5. The number of rotatable bonds is 3. The summed E-state index contributed by atoms with van der Waals surface area (Å²) in [7, 11) is 0. The minimum absolute atomic E-state index is 0.285. The van der Waals surface area contributed by atoms with Crippen molar-refractivity contribution in [3.8, 4) is 0 Å². The summed E-state index contributed by atoms with van der Waals surface area (Å²) in [4.78, 5) is 6.69. The zero-order valence-corrected chi connectivity index (χ0v) is 10.6. The summed E-state index contributed by atoms with van der Waals surface area (Å²) < 4.78 is 5.19. The lowest BCUT2D eigenvalue weighted by Gasteiger charge is -2.41. The molecule has 0 radical (unpaired) electrons. The Kier molecular flexibility index (Phi) is 2.67. The minimum atomic E-state index is 0.285. The molecule has 2 aliphatic rings. The van der Waals surface area contributed by atoms with Gasteiger partial charge in [-0.15, -0.1) is 0 Å². The van der Waals surface area contributed by atoms with Crippen LogP contribution in [-0.2, 0) is 6.54 Å². The van der Waals surface area contributed by atoms with Crippen LogP contribution in [0.5, 0.6) is 0 Å². The number of piperazine rings is 1. The molecule has 1 aliphatic heterocycles. The molecule has 1 saturated heterocycles. The quantitative estimate of drug-likeness (QED) is 0.847. The number of aryl methyl sites for hydroxylation is 1. The molecule has 2 heterocycles. The van der Waals surface area contributed by atoms with Crippen LogP contribution in [0.25, 0.3) is 0 Å². The zero-order chi connectivity index (χ0) is 11.9. The maximum absolute atomic E-state index is 5.19. The van der Waals surface area contributed by atoms with Crippen molar-refractivity contribution in [3.63, 3.8) is 0 Å². The fraction of sp³-hybridized carbons (Fsp3) is 0.833. The maximum atomic E-state index is 5.19. The fourth-order valence-corrected chi connectivity index (χ4v) is 2.82. The molecule has 0 bridgehead atoms. The lowest BCUT2D eigenvalue weighted by molar-refractivity contribution is 0.110. The largest absolute Gasteiger partial charge is 0.338 e. The SMILES string of the molecule is Cc1noc(CN2CCNC(C)(C3CC3)C2)n1. The molecule has 1 aromatic heterocycles. The second kappa shape index (κ2) is 4.07. The van der Waals surface area contributed by atoms with E-state index >= 15 is 0 Å². The van der Waals surface area contributed by atoms with Gasteiger partial charge in [-0.1, -0.05) is 5.16 Å². The molecular weight excluding hydrogens is 216 g/mol. The molecule has 17 heavy (non-hydrogen) atoms. The van der Waals surface area contributed by atoms with Crippen molar-refractivity contribution in [1.82, 2.24) is 20.4 Å². The van der Waals surface area contributed by atoms with Gasteiger partial charge < -0.3 is 9.84 Å². The van der Waals surface area contributed by atoms with Crippen molar-refractivity contribution in [2.75, 3.05) is 19.6 Å². The van der Waals surface area contributed by atoms with Gasteiger partial charge in [0.15, 0.2) is 5.82 Å². The van der Waals surface area contributed by atoms with Crippen molar-refractivity contribution in [2.24, 2.45) is 5.92 Å². The molecule has 1 N–H and O–H groups in total. The van der Waals surface area contributed by atoms with Crippen LogP contribution in [0.4, 0.5) is 0 Å². The molecule has 0 aromatic carbocycles. The number of hydrogen-bond donors (Lipinski definition) is 1. The first-order chi connectivity index (χ1) is 8.16. The third kappa shape index (κ3) is 2.35. The average molecular weight is 236 g/mol. The van der Waals surface area contributed by atoms with Crippen molar-refractivity contribution >= 4 is 0 Å². The Morgan fingerprint density at radius 2 is 2.35 bits per heavy atom. The van der Waals surface area contributed by atoms with Crippen molar-refractivity contribution in [3.05, 3.63) is 11.7 Å². The van der Waals surface area contributed by atoms with Gasteiger partial charge in [-0.25, -0.2) is 0 Å². The molecule has 0 spiro atoms. The molecule has 5 nitrogen and oxygen atoms in total. The van der Waals surface area contributed by atoms with Crippen LogP contribution >= 0.6 is 0 Å². The van der Waals surface area contributed by atoms with Gasteiger partial charge in [0, 0.05) is 25.2 Å². The maximum Gasteiger partial charge on any atom is 0.240 e. The second-order valence-electron chi connectivity index (χ2n) is 5.56. The van der Waals surface area contributed by atoms with E-state index in [0.29, 0.717) is 0 Å². The van der Waals surface area contributed by atoms with Gasteiger partial charge in [-0.2, -0.15) is 4.98 Å². The lowest BCUT2D eigenvalue weighted by Crippen LogP contribution is -2.59. The van der Waals surface area contributed by atoms with Crippen LogP contribution in [-0.4, -0.2) is 40.2 Å². The summed E-state index contributed by atoms with van der Waals surface area (Å²) in [6.07, 6.45) is 2.74. The van der Waals surface area contributed by atoms with Crippen molar-refractivity contribution in [2.45, 2.75) is 38.8 Å². The van der Waals surface area contributed by atoms with Gasteiger partial charge in [-0.05, 0) is 32.6 Å². The summed E-state index contributed by atoms with van der Waals surface area (Å²) in [5, 5.41) is 7.51. The number of aromatic nitrogens is 2. The summed E-state index contributed by atoms with van der Waals surface area (Å²) in [5.41, 5.74) is 0.285. The number of nitrogens with zero attached hydrogens (tertiary/aromatic N) is 3. The normalized spacial score (nSPS) is 30.7. The molecule has 5 heteroatoms. The Balaban J connectivity index is 1.63. The minimum Gasteiger partial charge on any atom is -0.338 e. The molecule has 2 fully saturated rings. The molecule has 94 valence electrons. The van der Waals surface area contributed by atoms with E-state index in [-0.39, 0.29) is 5.54 Å². The Labute approximate surface area is 102 Å². The van der Waals surface area contributed by atoms with Crippen LogP contribution in [0.1, 0.15) is 31.5 Å². The van der Waals surface area contributed by atoms with Crippen LogP contribution in [0.2, 0.25) is 0 Å². The second-order valence-corrected chi connectivity index (χ2v) is 5.56. The van der Waals surface area contributed by atoms with Gasteiger partial charge in [0.25, 0.3) is 0 Å². The van der Waals surface area contributed by atoms with E-state index in [0.717, 1.165) is 43.8 Å². The van der Waals surface area contributed by atoms with E-state index in [1.807, 2.05) is 6.92 Å². The van der Waals surface area contributed by atoms with Gasteiger partial charge >= 0.3 is 0 Å². The van der Waals surface area contributed by atoms with Crippen LogP contribution in [0.3, 0.4) is 0 Å². The molecule has 1 atom stereocenters. The highest BCUT2D eigenvalue weighted by molar-refractivity contribution is 5.02. The van der Waals surface area contributed by atoms with E-state index in [4.69, 9.17) is 4.52 Å². The Morgan fingerprint density at radius 1 is 1.53 bits per heavy atom. The summed E-state index contributed by atoms with van der Waals surface area (Å²) >= 11 is 0. The van der Waals surface area contributed by atoms with Crippen LogP contribution in [0, 0.1) is 12.8 Å². The van der Waals surface area contributed by atoms with Crippen LogP contribution < -0.4 is 5.32 Å². The summed E-state index contributed by atoms with van der Waals surface area (Å²) in [6.45, 7) is 8.18. The van der Waals surface area contributed by atoms with Crippen molar-refractivity contribution in [1.29, 1.82) is 0 Å². The standard InChI is InChI=1S/C12H20N4O/c1-9-14-11(17-15-9)7-16-6-5-13-12(2,8-16)10-3-4-10/h10,13H,3-8H2,1-2H3. The van der Waals surface area contributed by atoms with E-state index in [1.54, 1.807) is 0 Å². The third-order valence-electron chi connectivity index (χ3n) is 3.92. The predicted octanol–water partition coefficient (Wildman–Crippen LogP) is 0.952. The molecule has 0 amide bonds. The van der Waals surface area contributed by atoms with Gasteiger partial charge in [-0.3, -0.25) is 4.90 Å². The molecule has 1 aromatic rings. The fourth-order valence-electron chi connectivity index (χ4n) is 2.82. The molecule has 1 aliphatic carbocycles. The topological polar surface area (TPSA) is 54.2 Å². The van der Waals surface area contributed by atoms with E-state index in [2.05, 4.69) is 27.3 Å². The zero-order valence-electron chi connectivity index (χ0n) is 10.6. The smallest absolute Gasteiger partial charge is 0.240 e. The first-order valence-corrected chi connectivity index (χ1v) is 6.42. The monoisotopic (exact) mass is 236 g/mol. The van der Waals surface area contributed by atoms with Crippen LogP contribution in [0.15, 0.2) is 4.52 Å². The lowest BCUT2D eigenvalue weighted by atomic mass is 9.93. The Morgan fingerprint density at radius 3 is 3.00 bits per heavy atom. The third-order valence-corrected chi connectivity index (χ3v) is 3.92. The Hall–Kier alpha value is -0.940. The average Bonchev–Trinajstić information content (AvgIpc) is 3.05. The first-order valence-electron chi connectivity index (χ1n) is 6.42. The van der Waals surface area contributed by atoms with E-state index in [1.165, 1.54) is 12.8 Å². The van der Waals surface area contributed by atoms with Gasteiger partial charge in [0.1, 0.15) is 0 Å². The van der Waals surface area contributed by atoms with E-state index < -0.39 is 0 Å². The number of hydrogen-bond acceptors (Lipinski definition) is 5. The molecule has 1 saturated carbocycles. The van der Waals surface area contributed by atoms with E-state index in [9.17, 15) is 0 Å². The summed E-state index contributed by atoms with van der Waals surface area (Å²) in [6, 6.07) is 0. The van der Waals surface area contributed by atoms with Gasteiger partial charge in [0.2, 0.25) is 5.89 Å². The molecule has 3 rings (SSSR count). The number of nitrogens with one attached hydrogen (secondary N) is 1. The molecule has 1 unspecified atom stereocenters. The highest BCUT2D eigenvalue weighted by Gasteiger charge is 2.43. The van der Waals surface area contributed by atoms with Gasteiger partial charge in [0.05, 0.1) is 6.54 Å². The first kappa shape index (κ1) is 11.2. The predicted molar refractivity (Wildman–Crippen MR) is 63.4 cm³/mol.